The van der Waals surface area contributed by atoms with Gasteiger partial charge in [0, 0.05) is 30.2 Å². The molecule has 1 heterocycles. The third-order valence-corrected chi connectivity index (χ3v) is 7.46. The molecule has 1 unspecified atom stereocenters. The Morgan fingerprint density at radius 1 is 1.03 bits per heavy atom. The van der Waals surface area contributed by atoms with Crippen LogP contribution in [0.3, 0.4) is 0 Å². The normalized spacial score (nSPS) is 14.5. The fourth-order valence-corrected chi connectivity index (χ4v) is 5.65. The zero-order valence-electron chi connectivity index (χ0n) is 22.7. The zero-order chi connectivity index (χ0) is 27.4. The second-order valence-corrected chi connectivity index (χ2v) is 11.1. The molecule has 5 rings (SSSR count). The van der Waals surface area contributed by atoms with Crippen LogP contribution in [0.1, 0.15) is 28.4 Å². The molecular weight excluding hydrogens is 543 g/mol. The Labute approximate surface area is 240 Å². The summed E-state index contributed by atoms with van der Waals surface area (Å²) < 4.78 is 1.08. The van der Waals surface area contributed by atoms with E-state index in [0.717, 1.165) is 34.1 Å². The summed E-state index contributed by atoms with van der Waals surface area (Å²) in [5, 5.41) is 2.35. The SMILES string of the molecule is Bc1cc(Br)cc(CN(C)C(/N=C(\N=C)c2ccc3ccccc3c2)c2ccc(C3=CCN(C)C=C3)cc2)c1. The molecule has 0 fully saturated rings. The molecule has 0 saturated carbocycles. The van der Waals surface area contributed by atoms with Crippen molar-refractivity contribution in [2.75, 3.05) is 20.6 Å². The average molecular weight is 575 g/mol. The van der Waals surface area contributed by atoms with Crippen molar-refractivity contribution in [1.82, 2.24) is 9.80 Å². The largest absolute Gasteiger partial charge is 0.377 e. The lowest BCUT2D eigenvalue weighted by atomic mass is 9.94. The van der Waals surface area contributed by atoms with Gasteiger partial charge in [-0.3, -0.25) is 4.90 Å². The molecular formula is C33H32BBrN4. The zero-order valence-corrected chi connectivity index (χ0v) is 24.3. The van der Waals surface area contributed by atoms with Crippen molar-refractivity contribution >= 4 is 58.1 Å². The molecule has 1 atom stereocenters. The van der Waals surface area contributed by atoms with Crippen molar-refractivity contribution < 1.29 is 0 Å². The quantitative estimate of drug-likeness (QED) is 0.154. The van der Waals surface area contributed by atoms with Crippen LogP contribution in [0.5, 0.6) is 0 Å². The van der Waals surface area contributed by atoms with E-state index in [4.69, 9.17) is 4.99 Å². The van der Waals surface area contributed by atoms with Crippen LogP contribution >= 0.6 is 15.9 Å². The van der Waals surface area contributed by atoms with Gasteiger partial charge < -0.3 is 4.90 Å². The molecule has 4 aromatic rings. The van der Waals surface area contributed by atoms with Gasteiger partial charge in [-0.25, -0.2) is 9.98 Å². The fraction of sp³-hybridized carbons (Fsp3) is 0.152. The number of fused-ring (bicyclic) bond motifs is 1. The van der Waals surface area contributed by atoms with Gasteiger partial charge in [-0.05, 0) is 71.2 Å². The van der Waals surface area contributed by atoms with Crippen molar-refractivity contribution in [2.24, 2.45) is 9.98 Å². The lowest BCUT2D eigenvalue weighted by molar-refractivity contribution is 0.244. The molecule has 0 amide bonds. The Bertz CT molecular complexity index is 1570. The van der Waals surface area contributed by atoms with Crippen molar-refractivity contribution in [1.29, 1.82) is 0 Å². The number of aliphatic imine (C=N–C) groups is 2. The van der Waals surface area contributed by atoms with E-state index in [1.165, 1.54) is 27.5 Å². The number of likely N-dealkylation sites (N-methyl/N-ethyl adjacent to an activating group) is 1. The van der Waals surface area contributed by atoms with Gasteiger partial charge in [0.15, 0.2) is 5.84 Å². The molecule has 4 nitrogen and oxygen atoms in total. The summed E-state index contributed by atoms with van der Waals surface area (Å²) in [5.41, 5.74) is 6.95. The Hall–Kier alpha value is -3.74. The maximum absolute atomic E-state index is 5.20. The number of allylic oxidation sites excluding steroid dienone is 2. The molecule has 0 spiro atoms. The molecule has 0 aliphatic carbocycles. The minimum absolute atomic E-state index is 0.243. The van der Waals surface area contributed by atoms with Crippen LogP contribution < -0.4 is 5.46 Å². The molecule has 39 heavy (non-hydrogen) atoms. The van der Waals surface area contributed by atoms with Crippen LogP contribution in [-0.2, 0) is 6.54 Å². The molecule has 194 valence electrons. The highest BCUT2D eigenvalue weighted by atomic mass is 79.9. The molecule has 0 radical (unpaired) electrons. The van der Waals surface area contributed by atoms with Crippen LogP contribution in [0.4, 0.5) is 0 Å². The molecule has 6 heteroatoms. The van der Waals surface area contributed by atoms with Crippen molar-refractivity contribution in [3.63, 3.8) is 0 Å². The van der Waals surface area contributed by atoms with E-state index in [2.05, 4.69) is 163 Å². The number of rotatable bonds is 7. The number of nitrogens with zero attached hydrogens (tertiary/aromatic N) is 4. The fourth-order valence-electron chi connectivity index (χ4n) is 5.00. The third kappa shape index (κ3) is 6.47. The number of halogens is 1. The number of hydrogen-bond acceptors (Lipinski definition) is 3. The molecule has 4 aromatic carbocycles. The number of hydrogen-bond donors (Lipinski definition) is 0. The predicted molar refractivity (Wildman–Crippen MR) is 173 cm³/mol. The van der Waals surface area contributed by atoms with Crippen LogP contribution in [0.25, 0.3) is 16.3 Å². The van der Waals surface area contributed by atoms with Crippen LogP contribution in [0.2, 0.25) is 0 Å². The predicted octanol–water partition coefficient (Wildman–Crippen LogP) is 5.98. The van der Waals surface area contributed by atoms with Crippen molar-refractivity contribution in [3.05, 3.63) is 130 Å². The minimum atomic E-state index is -0.243. The first-order valence-electron chi connectivity index (χ1n) is 13.1. The van der Waals surface area contributed by atoms with E-state index < -0.39 is 0 Å². The highest BCUT2D eigenvalue weighted by molar-refractivity contribution is 9.10. The van der Waals surface area contributed by atoms with Gasteiger partial charge in [0.2, 0.25) is 0 Å². The Kier molecular flexibility index (Phi) is 8.25. The molecule has 1 aliphatic rings. The number of amidine groups is 1. The summed E-state index contributed by atoms with van der Waals surface area (Å²) in [6.45, 7) is 5.53. The van der Waals surface area contributed by atoms with E-state index in [-0.39, 0.29) is 6.17 Å². The first-order chi connectivity index (χ1) is 18.9. The number of benzene rings is 4. The first kappa shape index (κ1) is 26.9. The van der Waals surface area contributed by atoms with Gasteiger partial charge >= 0.3 is 0 Å². The van der Waals surface area contributed by atoms with Gasteiger partial charge in [0.1, 0.15) is 14.0 Å². The lowest BCUT2D eigenvalue weighted by Crippen LogP contribution is -2.24. The molecule has 0 aromatic heterocycles. The topological polar surface area (TPSA) is 31.2 Å². The van der Waals surface area contributed by atoms with Crippen molar-refractivity contribution in [3.8, 4) is 0 Å². The average Bonchev–Trinajstić information content (AvgIpc) is 2.93. The molecule has 0 saturated heterocycles. The van der Waals surface area contributed by atoms with Crippen LogP contribution in [-0.4, -0.2) is 50.8 Å². The smallest absolute Gasteiger partial charge is 0.155 e. The summed E-state index contributed by atoms with van der Waals surface area (Å²) in [7, 11) is 6.31. The summed E-state index contributed by atoms with van der Waals surface area (Å²) in [4.78, 5) is 14.0. The lowest BCUT2D eigenvalue weighted by Gasteiger charge is -2.26. The second kappa shape index (κ2) is 12.0. The van der Waals surface area contributed by atoms with E-state index in [1.54, 1.807) is 0 Å². The summed E-state index contributed by atoms with van der Waals surface area (Å²) in [6.07, 6.45) is 6.30. The molecule has 1 aliphatic heterocycles. The maximum atomic E-state index is 5.20. The molecule has 0 bridgehead atoms. The Morgan fingerprint density at radius 3 is 2.49 bits per heavy atom. The highest BCUT2D eigenvalue weighted by Gasteiger charge is 2.19. The standard InChI is InChI=1S/C33H32BBrN4/c1-36-32(29-13-10-24-6-4-5-7-28(24)20-29)37-33(39(3)22-23-18-30(34)21-31(35)19-23)27-11-8-25(9-12-27)26-14-16-38(2)17-15-26/h4-16,18-21,33H,1,17,22,34H2,2-3H3/b37-32-. The minimum Gasteiger partial charge on any atom is -0.377 e. The van der Waals surface area contributed by atoms with E-state index in [0.29, 0.717) is 5.84 Å². The van der Waals surface area contributed by atoms with Gasteiger partial charge in [0.25, 0.3) is 0 Å². The second-order valence-electron chi connectivity index (χ2n) is 10.1. The van der Waals surface area contributed by atoms with Gasteiger partial charge in [0.05, 0.1) is 0 Å². The van der Waals surface area contributed by atoms with Crippen LogP contribution in [0, 0.1) is 0 Å². The highest BCUT2D eigenvalue weighted by Crippen LogP contribution is 2.28. The third-order valence-electron chi connectivity index (χ3n) is 7.00. The summed E-state index contributed by atoms with van der Waals surface area (Å²) >= 11 is 3.65. The van der Waals surface area contributed by atoms with Gasteiger partial charge in [-0.1, -0.05) is 100 Å². The monoisotopic (exact) mass is 574 g/mol. The van der Waals surface area contributed by atoms with E-state index >= 15 is 0 Å². The van der Waals surface area contributed by atoms with E-state index in [9.17, 15) is 0 Å². The Balaban J connectivity index is 1.52. The van der Waals surface area contributed by atoms with E-state index in [1.807, 2.05) is 0 Å². The molecule has 0 N–H and O–H groups in total. The summed E-state index contributed by atoms with van der Waals surface area (Å²) in [5.74, 6) is 0.632. The summed E-state index contributed by atoms with van der Waals surface area (Å²) in [6, 6.07) is 29.9. The van der Waals surface area contributed by atoms with Crippen molar-refractivity contribution in [2.45, 2.75) is 12.7 Å². The Morgan fingerprint density at radius 2 is 1.79 bits per heavy atom. The first-order valence-corrected chi connectivity index (χ1v) is 13.9. The van der Waals surface area contributed by atoms with Gasteiger partial charge in [-0.2, -0.15) is 0 Å². The maximum Gasteiger partial charge on any atom is 0.155 e. The van der Waals surface area contributed by atoms with Crippen LogP contribution in [0.15, 0.2) is 118 Å². The van der Waals surface area contributed by atoms with Gasteiger partial charge in [-0.15, -0.1) is 0 Å².